The molecule has 2 nitrogen and oxygen atoms in total. The predicted octanol–water partition coefficient (Wildman–Crippen LogP) is 5.61. The quantitative estimate of drug-likeness (QED) is 0.400. The molecule has 0 saturated carbocycles. The van der Waals surface area contributed by atoms with Gasteiger partial charge in [0.1, 0.15) is 6.61 Å². The molecule has 0 heterocycles. The maximum Gasteiger partial charge on any atom is 0.302 e. The van der Waals surface area contributed by atoms with E-state index in [0.717, 1.165) is 5.56 Å². The van der Waals surface area contributed by atoms with Crippen molar-refractivity contribution in [3.63, 3.8) is 0 Å². The van der Waals surface area contributed by atoms with Gasteiger partial charge < -0.3 is 4.74 Å². The van der Waals surface area contributed by atoms with Gasteiger partial charge in [0.05, 0.1) is 0 Å². The molecule has 0 aliphatic carbocycles. The number of rotatable bonds is 5. The lowest BCUT2D eigenvalue weighted by molar-refractivity contribution is -0.142. The molecule has 120 valence electrons. The molecule has 0 N–H and O–H groups in total. The second-order valence-electron chi connectivity index (χ2n) is 3.97. The summed E-state index contributed by atoms with van der Waals surface area (Å²) in [5.41, 5.74) is 1.02. The first-order valence-electron chi connectivity index (χ1n) is 7.71. The molecule has 0 aromatic heterocycles. The molecule has 0 aliphatic rings. The average Bonchev–Trinajstić information content (AvgIpc) is 2.56. The van der Waals surface area contributed by atoms with Crippen molar-refractivity contribution in [2.45, 2.75) is 66.9 Å². The van der Waals surface area contributed by atoms with E-state index in [-0.39, 0.29) is 5.97 Å². The highest BCUT2D eigenvalue weighted by Crippen LogP contribution is 1.99. The number of carbonyl (C=O) groups is 1. The second-order valence-corrected chi connectivity index (χ2v) is 3.97. The standard InChI is InChI=1S/C9H10O2.C6H14.C2H6.C2H2/c1-8(10)11-7-9-5-3-2-4-6-9;1-3-5-6-4-2;2*1-2/h2-6H,7H2,1H3;3-6H2,1-2H3;1-2H3;1-2H. The Morgan fingerprint density at radius 3 is 1.76 bits per heavy atom. The summed E-state index contributed by atoms with van der Waals surface area (Å²) in [4.78, 5) is 10.4. The van der Waals surface area contributed by atoms with Crippen LogP contribution in [0.2, 0.25) is 0 Å². The summed E-state index contributed by atoms with van der Waals surface area (Å²) in [5.74, 6) is -0.242. The van der Waals surface area contributed by atoms with Gasteiger partial charge in [0.2, 0.25) is 0 Å². The summed E-state index contributed by atoms with van der Waals surface area (Å²) >= 11 is 0. The molecule has 1 aromatic carbocycles. The first kappa shape index (κ1) is 24.3. The number of unbranched alkanes of at least 4 members (excludes halogenated alkanes) is 3. The zero-order chi connectivity index (χ0) is 16.9. The van der Waals surface area contributed by atoms with Crippen LogP contribution in [0.5, 0.6) is 0 Å². The van der Waals surface area contributed by atoms with Crippen LogP contribution in [0.4, 0.5) is 0 Å². The molecular weight excluding hydrogens is 260 g/mol. The van der Waals surface area contributed by atoms with Gasteiger partial charge in [-0.05, 0) is 5.56 Å². The van der Waals surface area contributed by atoms with Gasteiger partial charge in [0.15, 0.2) is 0 Å². The van der Waals surface area contributed by atoms with Crippen molar-refractivity contribution in [2.75, 3.05) is 0 Å². The molecule has 0 fully saturated rings. The lowest BCUT2D eigenvalue weighted by Gasteiger charge is -1.99. The van der Waals surface area contributed by atoms with Crippen LogP contribution in [0.3, 0.4) is 0 Å². The normalized spacial score (nSPS) is 7.76. The molecule has 21 heavy (non-hydrogen) atoms. The van der Waals surface area contributed by atoms with Crippen LogP contribution in [0.25, 0.3) is 0 Å². The lowest BCUT2D eigenvalue weighted by Crippen LogP contribution is -1.97. The van der Waals surface area contributed by atoms with E-state index in [2.05, 4.69) is 26.7 Å². The number of terminal acetylenes is 1. The van der Waals surface area contributed by atoms with E-state index in [9.17, 15) is 4.79 Å². The zero-order valence-electron chi connectivity index (χ0n) is 14.4. The number of benzene rings is 1. The summed E-state index contributed by atoms with van der Waals surface area (Å²) in [6.07, 6.45) is 13.5. The monoisotopic (exact) mass is 292 g/mol. The first-order valence-corrected chi connectivity index (χ1v) is 7.71. The Bertz CT molecular complexity index is 311. The van der Waals surface area contributed by atoms with Gasteiger partial charge in [-0.2, -0.15) is 0 Å². The van der Waals surface area contributed by atoms with E-state index in [1.54, 1.807) is 0 Å². The molecule has 0 radical (unpaired) electrons. The number of esters is 1. The molecule has 0 bridgehead atoms. The molecule has 0 spiro atoms. The fourth-order valence-corrected chi connectivity index (χ4v) is 1.26. The van der Waals surface area contributed by atoms with Gasteiger partial charge in [-0.25, -0.2) is 0 Å². The highest BCUT2D eigenvalue weighted by molar-refractivity contribution is 5.65. The summed E-state index contributed by atoms with van der Waals surface area (Å²) in [7, 11) is 0. The third-order valence-electron chi connectivity index (χ3n) is 2.24. The Morgan fingerprint density at radius 2 is 1.43 bits per heavy atom. The van der Waals surface area contributed by atoms with Crippen molar-refractivity contribution in [3.8, 4) is 12.8 Å². The van der Waals surface area contributed by atoms with Gasteiger partial charge in [-0.1, -0.05) is 83.7 Å². The van der Waals surface area contributed by atoms with Crippen LogP contribution in [-0.2, 0) is 16.1 Å². The van der Waals surface area contributed by atoms with Crippen LogP contribution in [0.15, 0.2) is 30.3 Å². The maximum absolute atomic E-state index is 10.4. The largest absolute Gasteiger partial charge is 0.461 e. The van der Waals surface area contributed by atoms with E-state index >= 15 is 0 Å². The number of ether oxygens (including phenoxy) is 1. The van der Waals surface area contributed by atoms with E-state index in [4.69, 9.17) is 4.74 Å². The number of carbonyl (C=O) groups excluding carboxylic acids is 1. The second kappa shape index (κ2) is 23.4. The van der Waals surface area contributed by atoms with Crippen molar-refractivity contribution >= 4 is 5.97 Å². The SMILES string of the molecule is C#C.CC.CC(=O)OCc1ccccc1.CCCCCC. The summed E-state index contributed by atoms with van der Waals surface area (Å²) in [6.45, 7) is 10.2. The van der Waals surface area contributed by atoms with Gasteiger partial charge >= 0.3 is 5.97 Å². The topological polar surface area (TPSA) is 26.3 Å². The van der Waals surface area contributed by atoms with Crippen LogP contribution in [-0.4, -0.2) is 5.97 Å². The Morgan fingerprint density at radius 1 is 1.00 bits per heavy atom. The Balaban J connectivity index is -0.000000277. The third-order valence-corrected chi connectivity index (χ3v) is 2.24. The maximum atomic E-state index is 10.4. The van der Waals surface area contributed by atoms with Crippen molar-refractivity contribution < 1.29 is 9.53 Å². The molecule has 0 atom stereocenters. The molecular formula is C19H32O2. The summed E-state index contributed by atoms with van der Waals surface area (Å²) in [6, 6.07) is 9.60. The van der Waals surface area contributed by atoms with Crippen molar-refractivity contribution in [1.82, 2.24) is 0 Å². The van der Waals surface area contributed by atoms with Crippen LogP contribution >= 0.6 is 0 Å². The highest BCUT2D eigenvalue weighted by Gasteiger charge is 1.93. The van der Waals surface area contributed by atoms with E-state index in [1.807, 2.05) is 44.2 Å². The van der Waals surface area contributed by atoms with E-state index < -0.39 is 0 Å². The minimum absolute atomic E-state index is 0.242. The van der Waals surface area contributed by atoms with Gasteiger partial charge in [0.25, 0.3) is 0 Å². The smallest absolute Gasteiger partial charge is 0.302 e. The average molecular weight is 292 g/mol. The minimum Gasteiger partial charge on any atom is -0.461 e. The molecule has 0 aliphatic heterocycles. The summed E-state index contributed by atoms with van der Waals surface area (Å²) < 4.78 is 4.79. The van der Waals surface area contributed by atoms with E-state index in [1.165, 1.54) is 32.6 Å². The van der Waals surface area contributed by atoms with Crippen molar-refractivity contribution in [2.24, 2.45) is 0 Å². The molecule has 0 amide bonds. The Labute approximate surface area is 131 Å². The fourth-order valence-electron chi connectivity index (χ4n) is 1.26. The number of hydrogen-bond acceptors (Lipinski definition) is 2. The number of hydrogen-bond donors (Lipinski definition) is 0. The third kappa shape index (κ3) is 23.7. The first-order chi connectivity index (χ1) is 10.2. The van der Waals surface area contributed by atoms with Gasteiger partial charge in [-0.15, -0.1) is 12.8 Å². The van der Waals surface area contributed by atoms with Crippen LogP contribution in [0.1, 0.15) is 65.9 Å². The molecule has 0 saturated heterocycles. The molecule has 1 aromatic rings. The summed E-state index contributed by atoms with van der Waals surface area (Å²) in [5, 5.41) is 0. The van der Waals surface area contributed by atoms with Gasteiger partial charge in [0, 0.05) is 6.92 Å². The fraction of sp³-hybridized carbons (Fsp3) is 0.526. The molecule has 0 unspecified atom stereocenters. The van der Waals surface area contributed by atoms with Crippen molar-refractivity contribution in [3.05, 3.63) is 35.9 Å². The Hall–Kier alpha value is -1.75. The highest BCUT2D eigenvalue weighted by atomic mass is 16.5. The van der Waals surface area contributed by atoms with Crippen LogP contribution in [0, 0.1) is 12.8 Å². The minimum atomic E-state index is -0.242. The van der Waals surface area contributed by atoms with Crippen LogP contribution < -0.4 is 0 Å². The predicted molar refractivity (Wildman–Crippen MR) is 93.0 cm³/mol. The lowest BCUT2D eigenvalue weighted by atomic mass is 10.2. The van der Waals surface area contributed by atoms with Gasteiger partial charge in [-0.3, -0.25) is 4.79 Å². The molecule has 1 rings (SSSR count). The van der Waals surface area contributed by atoms with Crippen molar-refractivity contribution in [1.29, 1.82) is 0 Å². The zero-order valence-corrected chi connectivity index (χ0v) is 14.4. The molecule has 2 heteroatoms. The Kier molecular flexibility index (Phi) is 27.0. The van der Waals surface area contributed by atoms with E-state index in [0.29, 0.717) is 6.61 Å².